The smallest absolute Gasteiger partial charge is 0.257 e. The lowest BCUT2D eigenvalue weighted by molar-refractivity contribution is -0.133. The van der Waals surface area contributed by atoms with Crippen molar-refractivity contribution in [1.29, 1.82) is 0 Å². The molecule has 1 aliphatic rings. The van der Waals surface area contributed by atoms with E-state index in [1.165, 1.54) is 12.8 Å². The van der Waals surface area contributed by atoms with Gasteiger partial charge in [-0.15, -0.1) is 0 Å². The van der Waals surface area contributed by atoms with Crippen LogP contribution in [0.15, 0.2) is 72.8 Å². The number of carbonyl (C=O) groups excluding carboxylic acids is 2. The van der Waals surface area contributed by atoms with Crippen molar-refractivity contribution in [3.63, 3.8) is 0 Å². The summed E-state index contributed by atoms with van der Waals surface area (Å²) in [4.78, 5) is 30.8. The fraction of sp³-hybridized carbons (Fsp3) is 0.333. The molecule has 0 radical (unpaired) electrons. The van der Waals surface area contributed by atoms with E-state index in [0.29, 0.717) is 28.7 Å². The first kappa shape index (κ1) is 25.8. The third-order valence-corrected chi connectivity index (χ3v) is 7.02. The first-order chi connectivity index (χ1) is 17.4. The SMILES string of the molecule is CC[C@@H](C(=O)N(Cc1cc(NC(=O)c2ccccc2Cl)ccc1N(C)C)CC1CC1)c1ccccc1. The Morgan fingerprint density at radius 3 is 2.33 bits per heavy atom. The number of rotatable bonds is 10. The van der Waals surface area contributed by atoms with E-state index >= 15 is 0 Å². The quantitative estimate of drug-likeness (QED) is 0.339. The molecule has 0 bridgehead atoms. The van der Waals surface area contributed by atoms with E-state index in [2.05, 4.69) is 12.2 Å². The molecule has 0 aliphatic heterocycles. The van der Waals surface area contributed by atoms with Crippen LogP contribution < -0.4 is 10.2 Å². The number of halogens is 1. The molecule has 4 rings (SSSR count). The highest BCUT2D eigenvalue weighted by molar-refractivity contribution is 6.34. The Kier molecular flexibility index (Phi) is 8.32. The molecule has 1 aliphatic carbocycles. The molecule has 1 atom stereocenters. The van der Waals surface area contributed by atoms with Gasteiger partial charge in [-0.1, -0.05) is 61.0 Å². The second-order valence-corrected chi connectivity index (χ2v) is 10.1. The molecule has 6 heteroatoms. The molecule has 1 N–H and O–H groups in total. The van der Waals surface area contributed by atoms with Crippen LogP contribution in [0.25, 0.3) is 0 Å². The zero-order chi connectivity index (χ0) is 25.7. The van der Waals surface area contributed by atoms with Crippen molar-refractivity contribution < 1.29 is 9.59 Å². The molecular weight excluding hydrogens is 470 g/mol. The Morgan fingerprint density at radius 1 is 1.00 bits per heavy atom. The summed E-state index contributed by atoms with van der Waals surface area (Å²) in [5, 5.41) is 3.39. The summed E-state index contributed by atoms with van der Waals surface area (Å²) in [6, 6.07) is 22.9. The number of nitrogens with one attached hydrogen (secondary N) is 1. The van der Waals surface area contributed by atoms with Crippen LogP contribution in [-0.4, -0.2) is 37.4 Å². The first-order valence-corrected chi connectivity index (χ1v) is 12.9. The largest absolute Gasteiger partial charge is 0.377 e. The fourth-order valence-corrected chi connectivity index (χ4v) is 4.80. The highest BCUT2D eigenvalue weighted by Crippen LogP contribution is 2.34. The van der Waals surface area contributed by atoms with Crippen molar-refractivity contribution in [2.24, 2.45) is 5.92 Å². The van der Waals surface area contributed by atoms with Crippen molar-refractivity contribution in [3.8, 4) is 0 Å². The minimum atomic E-state index is -0.259. The molecule has 0 saturated heterocycles. The predicted octanol–water partition coefficient (Wildman–Crippen LogP) is 6.59. The Hall–Kier alpha value is -3.31. The average molecular weight is 504 g/mol. The van der Waals surface area contributed by atoms with Crippen LogP contribution in [0.3, 0.4) is 0 Å². The van der Waals surface area contributed by atoms with Gasteiger partial charge in [0.25, 0.3) is 5.91 Å². The van der Waals surface area contributed by atoms with E-state index in [1.807, 2.05) is 72.4 Å². The predicted molar refractivity (Wildman–Crippen MR) is 148 cm³/mol. The van der Waals surface area contributed by atoms with Crippen LogP contribution in [0.4, 0.5) is 11.4 Å². The van der Waals surface area contributed by atoms with E-state index in [0.717, 1.165) is 29.8 Å². The lowest BCUT2D eigenvalue weighted by atomic mass is 9.94. The van der Waals surface area contributed by atoms with Crippen molar-refractivity contribution in [2.75, 3.05) is 30.9 Å². The highest BCUT2D eigenvalue weighted by Gasteiger charge is 2.31. The lowest BCUT2D eigenvalue weighted by Gasteiger charge is -2.29. The summed E-state index contributed by atoms with van der Waals surface area (Å²) >= 11 is 6.22. The van der Waals surface area contributed by atoms with Gasteiger partial charge in [-0.25, -0.2) is 0 Å². The number of carbonyl (C=O) groups is 2. The minimum Gasteiger partial charge on any atom is -0.377 e. The van der Waals surface area contributed by atoms with E-state index in [1.54, 1.807) is 24.3 Å². The lowest BCUT2D eigenvalue weighted by Crippen LogP contribution is -2.36. The van der Waals surface area contributed by atoms with Gasteiger partial charge in [0, 0.05) is 38.6 Å². The molecule has 0 aromatic heterocycles. The zero-order valence-electron chi connectivity index (χ0n) is 21.2. The molecule has 36 heavy (non-hydrogen) atoms. The van der Waals surface area contributed by atoms with Gasteiger partial charge < -0.3 is 15.1 Å². The van der Waals surface area contributed by atoms with Crippen molar-refractivity contribution >= 4 is 34.8 Å². The Balaban J connectivity index is 1.61. The molecule has 3 aromatic carbocycles. The molecular formula is C30H34ClN3O2. The Morgan fingerprint density at radius 2 is 1.69 bits per heavy atom. The van der Waals surface area contributed by atoms with Gasteiger partial charge in [-0.05, 0) is 66.6 Å². The molecule has 2 amide bonds. The number of anilines is 2. The van der Waals surface area contributed by atoms with Crippen LogP contribution in [-0.2, 0) is 11.3 Å². The molecule has 188 valence electrons. The topological polar surface area (TPSA) is 52.7 Å². The van der Waals surface area contributed by atoms with E-state index < -0.39 is 0 Å². The maximum absolute atomic E-state index is 13.8. The third-order valence-electron chi connectivity index (χ3n) is 6.69. The van der Waals surface area contributed by atoms with Crippen molar-refractivity contribution in [2.45, 2.75) is 38.6 Å². The van der Waals surface area contributed by atoms with Gasteiger partial charge in [0.2, 0.25) is 5.91 Å². The number of hydrogen-bond donors (Lipinski definition) is 1. The molecule has 0 spiro atoms. The van der Waals surface area contributed by atoms with Gasteiger partial charge in [0.05, 0.1) is 16.5 Å². The highest BCUT2D eigenvalue weighted by atomic mass is 35.5. The van der Waals surface area contributed by atoms with Gasteiger partial charge in [-0.2, -0.15) is 0 Å². The van der Waals surface area contributed by atoms with Crippen LogP contribution in [0.2, 0.25) is 5.02 Å². The number of amides is 2. The van der Waals surface area contributed by atoms with E-state index in [-0.39, 0.29) is 17.7 Å². The average Bonchev–Trinajstić information content (AvgIpc) is 3.69. The summed E-state index contributed by atoms with van der Waals surface area (Å²) in [7, 11) is 3.99. The van der Waals surface area contributed by atoms with Crippen LogP contribution in [0.1, 0.15) is 53.6 Å². The number of hydrogen-bond acceptors (Lipinski definition) is 3. The number of nitrogens with zero attached hydrogens (tertiary/aromatic N) is 2. The van der Waals surface area contributed by atoms with Gasteiger partial charge >= 0.3 is 0 Å². The molecule has 0 heterocycles. The summed E-state index contributed by atoms with van der Waals surface area (Å²) in [6.07, 6.45) is 3.08. The molecule has 1 saturated carbocycles. The molecule has 3 aromatic rings. The van der Waals surface area contributed by atoms with Crippen LogP contribution in [0, 0.1) is 5.92 Å². The fourth-order valence-electron chi connectivity index (χ4n) is 4.58. The van der Waals surface area contributed by atoms with Gasteiger partial charge in [-0.3, -0.25) is 9.59 Å². The Labute approximate surface area is 219 Å². The maximum Gasteiger partial charge on any atom is 0.257 e. The van der Waals surface area contributed by atoms with Crippen molar-refractivity contribution in [1.82, 2.24) is 4.90 Å². The molecule has 0 unspecified atom stereocenters. The van der Waals surface area contributed by atoms with Crippen molar-refractivity contribution in [3.05, 3.63) is 94.5 Å². The summed E-state index contributed by atoms with van der Waals surface area (Å²) < 4.78 is 0. The monoisotopic (exact) mass is 503 g/mol. The van der Waals surface area contributed by atoms with E-state index in [4.69, 9.17) is 11.6 Å². The van der Waals surface area contributed by atoms with Crippen LogP contribution in [0.5, 0.6) is 0 Å². The first-order valence-electron chi connectivity index (χ1n) is 12.6. The standard InChI is InChI=1S/C30H34ClN3O2/c1-4-25(22-10-6-5-7-11-22)30(36)34(19-21-14-15-21)20-23-18-24(16-17-28(23)33(2)3)32-29(35)26-12-8-9-13-27(26)31/h5-13,16-18,21,25H,4,14-15,19-20H2,1-3H3,(H,32,35)/t25-/m1/s1. The summed E-state index contributed by atoms with van der Waals surface area (Å²) in [6.45, 7) is 3.31. The normalized spacial score (nSPS) is 13.7. The second-order valence-electron chi connectivity index (χ2n) is 9.71. The summed E-state index contributed by atoms with van der Waals surface area (Å²) in [5.41, 5.74) is 4.17. The Bertz CT molecular complexity index is 1210. The third kappa shape index (κ3) is 6.27. The van der Waals surface area contributed by atoms with Gasteiger partial charge in [0.1, 0.15) is 0 Å². The van der Waals surface area contributed by atoms with Crippen LogP contribution >= 0.6 is 11.6 Å². The molecule has 1 fully saturated rings. The maximum atomic E-state index is 13.8. The molecule has 5 nitrogen and oxygen atoms in total. The zero-order valence-corrected chi connectivity index (χ0v) is 22.0. The number of benzene rings is 3. The second kappa shape index (κ2) is 11.6. The van der Waals surface area contributed by atoms with Gasteiger partial charge in [0.15, 0.2) is 0 Å². The van der Waals surface area contributed by atoms with E-state index in [9.17, 15) is 9.59 Å². The summed E-state index contributed by atoms with van der Waals surface area (Å²) in [5.74, 6) is 0.292. The minimum absolute atomic E-state index is 0.158.